The molecule has 2 unspecified atom stereocenters. The van der Waals surface area contributed by atoms with E-state index >= 15 is 0 Å². The number of ketones is 1. The second kappa shape index (κ2) is 13.9. The summed E-state index contributed by atoms with van der Waals surface area (Å²) in [6.45, 7) is 3.30. The standard InChI is InChI=1S/C31H36N6O6/c1-19(2)29(36-27(39)13-12-21-17-33-23-11-7-6-10-22(21)23)25-16-31(43-37-25,15-20-8-4-3-5-9-20)30(42)35-24(14-28(40)41)26(38)18-34-32/h3-11,17,19,24,29,33-34H,12-16,18H2,1-2H3,(H,35,42)(H,36,39)(H,40,41)/t24-,29?,31?/m0/s1. The van der Waals surface area contributed by atoms with Crippen LogP contribution in [0.3, 0.4) is 0 Å². The van der Waals surface area contributed by atoms with Crippen molar-refractivity contribution in [3.8, 4) is 0 Å². The number of nitrogens with zero attached hydrogens (tertiary/aromatic N) is 2. The number of carbonyl (C=O) groups is 4. The highest BCUT2D eigenvalue weighted by Crippen LogP contribution is 2.31. The summed E-state index contributed by atoms with van der Waals surface area (Å²) in [5.74, 6) is -3.00. The van der Waals surface area contributed by atoms with Crippen molar-refractivity contribution in [2.45, 2.75) is 63.6 Å². The van der Waals surface area contributed by atoms with Crippen LogP contribution < -0.4 is 15.7 Å². The maximum atomic E-state index is 13.7. The Labute approximate surface area is 248 Å². The van der Waals surface area contributed by atoms with Gasteiger partial charge < -0.3 is 36.2 Å². The minimum absolute atomic E-state index is 0.00549. The maximum Gasteiger partial charge on any atom is 0.305 e. The molecule has 12 heteroatoms. The lowest BCUT2D eigenvalue weighted by Gasteiger charge is -2.28. The third-order valence-electron chi connectivity index (χ3n) is 7.52. The highest BCUT2D eigenvalue weighted by molar-refractivity contribution is 6.02. The van der Waals surface area contributed by atoms with Crippen molar-refractivity contribution in [2.24, 2.45) is 11.1 Å². The van der Waals surface area contributed by atoms with Crippen molar-refractivity contribution in [1.29, 1.82) is 0 Å². The Morgan fingerprint density at radius 3 is 2.51 bits per heavy atom. The number of benzene rings is 2. The Morgan fingerprint density at radius 1 is 1.09 bits per heavy atom. The van der Waals surface area contributed by atoms with E-state index in [-0.39, 0.29) is 31.1 Å². The zero-order valence-electron chi connectivity index (χ0n) is 24.1. The third kappa shape index (κ3) is 7.70. The van der Waals surface area contributed by atoms with E-state index in [1.54, 1.807) is 5.11 Å². The second-order valence-corrected chi connectivity index (χ2v) is 11.1. The van der Waals surface area contributed by atoms with E-state index in [1.807, 2.05) is 74.6 Å². The number of rotatable bonds is 15. The number of H-pyrrole nitrogens is 1. The van der Waals surface area contributed by atoms with E-state index < -0.39 is 48.3 Å². The predicted molar refractivity (Wildman–Crippen MR) is 158 cm³/mol. The van der Waals surface area contributed by atoms with Gasteiger partial charge in [-0.3, -0.25) is 19.2 Å². The molecule has 0 saturated heterocycles. The summed E-state index contributed by atoms with van der Waals surface area (Å²) in [5, 5.41) is 21.9. The molecular weight excluding hydrogens is 552 g/mol. The molecule has 43 heavy (non-hydrogen) atoms. The number of carboxylic acid groups (broad SMARTS) is 1. The molecule has 0 radical (unpaired) electrons. The number of aromatic nitrogens is 1. The average molecular weight is 589 g/mol. The van der Waals surface area contributed by atoms with Gasteiger partial charge in [0.05, 0.1) is 18.2 Å². The number of hydrogen-bond donors (Lipinski definition) is 5. The minimum Gasteiger partial charge on any atom is -0.508 e. The van der Waals surface area contributed by atoms with Crippen molar-refractivity contribution in [1.82, 2.24) is 15.6 Å². The van der Waals surface area contributed by atoms with E-state index in [9.17, 15) is 24.3 Å². The summed E-state index contributed by atoms with van der Waals surface area (Å²) < 4.78 is 0. The molecule has 0 fully saturated rings. The number of aliphatic carboxylic acids is 1. The Hall–Kier alpha value is -4.87. The van der Waals surface area contributed by atoms with Crippen LogP contribution in [-0.4, -0.2) is 63.6 Å². The molecule has 3 aromatic rings. The van der Waals surface area contributed by atoms with Crippen LogP contribution in [0, 0.1) is 5.92 Å². The molecule has 1 aromatic heterocycles. The average Bonchev–Trinajstić information content (AvgIpc) is 3.60. The molecule has 2 heterocycles. The number of carbonyl (C=O) groups excluding carboxylic acids is 3. The summed E-state index contributed by atoms with van der Waals surface area (Å²) in [6.07, 6.45) is 2.09. The quantitative estimate of drug-likeness (QED) is 0.168. The number of oxime groups is 1. The van der Waals surface area contributed by atoms with E-state index in [0.717, 1.165) is 22.0 Å². The highest BCUT2D eigenvalue weighted by Gasteiger charge is 2.49. The van der Waals surface area contributed by atoms with E-state index in [4.69, 9.17) is 10.4 Å². The van der Waals surface area contributed by atoms with E-state index in [1.165, 1.54) is 0 Å². The lowest BCUT2D eigenvalue weighted by atomic mass is 9.84. The van der Waals surface area contributed by atoms with Gasteiger partial charge in [-0.15, -0.1) is 0 Å². The summed E-state index contributed by atoms with van der Waals surface area (Å²) in [4.78, 5) is 59.8. The van der Waals surface area contributed by atoms with Gasteiger partial charge in [0.25, 0.3) is 5.91 Å². The maximum absolute atomic E-state index is 13.7. The van der Waals surface area contributed by atoms with Gasteiger partial charge in [0.1, 0.15) is 6.04 Å². The minimum atomic E-state index is -1.59. The second-order valence-electron chi connectivity index (χ2n) is 11.1. The Kier molecular flexibility index (Phi) is 10.0. The number of carboxylic acids is 1. The number of amides is 2. The van der Waals surface area contributed by atoms with Crippen molar-refractivity contribution in [2.75, 3.05) is 6.54 Å². The molecule has 2 amide bonds. The topological polar surface area (TPSA) is 186 Å². The largest absolute Gasteiger partial charge is 0.508 e. The molecule has 0 aliphatic carbocycles. The number of nitrogens with one attached hydrogen (secondary N) is 4. The van der Waals surface area contributed by atoms with Crippen molar-refractivity contribution < 1.29 is 34.2 Å². The number of Topliss-reactive ketones (excluding diaryl/α,β-unsaturated/α-hetero) is 1. The molecule has 0 saturated carbocycles. The number of aromatic amines is 1. The Morgan fingerprint density at radius 2 is 1.81 bits per heavy atom. The van der Waals surface area contributed by atoms with Gasteiger partial charge in [0, 0.05) is 36.4 Å². The predicted octanol–water partition coefficient (Wildman–Crippen LogP) is 1.63. The fraction of sp³-hybridized carbons (Fsp3) is 0.387. The van der Waals surface area contributed by atoms with Gasteiger partial charge in [-0.2, -0.15) is 0 Å². The van der Waals surface area contributed by atoms with E-state index in [0.29, 0.717) is 12.1 Å². The molecule has 3 atom stereocenters. The van der Waals surface area contributed by atoms with Gasteiger partial charge in [0.2, 0.25) is 17.3 Å². The van der Waals surface area contributed by atoms with Crippen LogP contribution in [0.2, 0.25) is 0 Å². The normalized spacial score (nSPS) is 17.5. The molecule has 1 aliphatic rings. The van der Waals surface area contributed by atoms with Crippen molar-refractivity contribution >= 4 is 40.2 Å². The monoisotopic (exact) mass is 588 g/mol. The highest BCUT2D eigenvalue weighted by atomic mass is 16.7. The molecule has 226 valence electrons. The molecular formula is C31H36N6O6. The fourth-order valence-electron chi connectivity index (χ4n) is 5.27. The van der Waals surface area contributed by atoms with Crippen LogP contribution in [0.15, 0.2) is 65.9 Å². The lowest BCUT2D eigenvalue weighted by Crippen LogP contribution is -2.68. The lowest BCUT2D eigenvalue weighted by molar-refractivity contribution is -0.467. The summed E-state index contributed by atoms with van der Waals surface area (Å²) in [6, 6.07) is 15.0. The first kappa shape index (κ1) is 31.1. The first-order valence-corrected chi connectivity index (χ1v) is 14.2. The first-order chi connectivity index (χ1) is 20.6. The first-order valence-electron chi connectivity index (χ1n) is 14.2. The van der Waals surface area contributed by atoms with Crippen molar-refractivity contribution in [3.63, 3.8) is 0 Å². The number of aryl methyl sites for hydroxylation is 1. The molecule has 0 spiro atoms. The zero-order valence-corrected chi connectivity index (χ0v) is 24.1. The molecule has 0 bridgehead atoms. The number of para-hydroxylation sites is 1. The smallest absolute Gasteiger partial charge is 0.305 e. The van der Waals surface area contributed by atoms with Crippen LogP contribution in [0.1, 0.15) is 44.2 Å². The fourth-order valence-corrected chi connectivity index (χ4v) is 5.27. The van der Waals surface area contributed by atoms with Crippen LogP contribution in [0.4, 0.5) is 0 Å². The summed E-state index contributed by atoms with van der Waals surface area (Å²) in [5.41, 5.74) is 10.6. The Balaban J connectivity index is 1.50. The van der Waals surface area contributed by atoms with E-state index in [2.05, 4.69) is 20.8 Å². The number of hydrogen-bond acceptors (Lipinski definition) is 6. The number of fused-ring (bicyclic) bond motifs is 1. The summed E-state index contributed by atoms with van der Waals surface area (Å²) >= 11 is 0. The molecule has 2 aromatic carbocycles. The van der Waals surface area contributed by atoms with Gasteiger partial charge in [-0.25, -0.2) is 0 Å². The van der Waals surface area contributed by atoms with Crippen LogP contribution in [0.25, 0.3) is 16.4 Å². The SMILES string of the molecule is CC(C)C(NC(=O)CCc1c[nH]c2ccccc12)C1=NOC(Cc2ccccc2)(C(=O)N[C@@H](CC(=O)O)C(=O)C[NH+]=[N-])C1. The van der Waals surface area contributed by atoms with Gasteiger partial charge in [0.15, 0.2) is 6.54 Å². The van der Waals surface area contributed by atoms with Crippen LogP contribution in [-0.2, 0) is 36.9 Å². The van der Waals surface area contributed by atoms with Crippen LogP contribution in [0.5, 0.6) is 0 Å². The molecule has 5 N–H and O–H groups in total. The summed E-state index contributed by atoms with van der Waals surface area (Å²) in [7, 11) is 0. The Bertz CT molecular complexity index is 1520. The molecule has 4 rings (SSSR count). The van der Waals surface area contributed by atoms with Crippen molar-refractivity contribution in [3.05, 3.63) is 77.5 Å². The molecule has 1 aliphatic heterocycles. The molecule has 12 nitrogen and oxygen atoms in total. The van der Waals surface area contributed by atoms with Crippen LogP contribution >= 0.6 is 0 Å². The van der Waals surface area contributed by atoms with Gasteiger partial charge >= 0.3 is 5.97 Å². The van der Waals surface area contributed by atoms with Gasteiger partial charge in [-0.05, 0) is 29.5 Å². The third-order valence-corrected chi connectivity index (χ3v) is 7.52. The zero-order chi connectivity index (χ0) is 31.0. The van der Waals surface area contributed by atoms with Gasteiger partial charge in [-0.1, -0.05) is 67.5 Å².